The molecule has 0 aromatic heterocycles. The first-order valence-corrected chi connectivity index (χ1v) is 6.81. The maximum atomic E-state index is 11.9. The Labute approximate surface area is 125 Å². The molecule has 0 heterocycles. The summed E-state index contributed by atoms with van der Waals surface area (Å²) in [5.74, 6) is 0. The van der Waals surface area contributed by atoms with Crippen LogP contribution in [0.5, 0.6) is 0 Å². The van der Waals surface area contributed by atoms with Crippen molar-refractivity contribution in [2.45, 2.75) is 6.92 Å². The molecule has 2 aromatic rings. The number of amides is 2. The molecule has 0 aliphatic heterocycles. The van der Waals surface area contributed by atoms with Gasteiger partial charge in [-0.15, -0.1) is 0 Å². The van der Waals surface area contributed by atoms with Gasteiger partial charge in [-0.05, 0) is 58.7 Å². The van der Waals surface area contributed by atoms with E-state index in [0.29, 0.717) is 10.7 Å². The molecule has 0 spiro atoms. The van der Waals surface area contributed by atoms with E-state index >= 15 is 0 Å². The van der Waals surface area contributed by atoms with Gasteiger partial charge in [-0.25, -0.2) is 4.79 Å². The molecule has 2 rings (SSSR count). The fourth-order valence-corrected chi connectivity index (χ4v) is 2.12. The van der Waals surface area contributed by atoms with Crippen LogP contribution in [0.2, 0.25) is 5.02 Å². The number of hydrogen-bond donors (Lipinski definition) is 2. The molecule has 0 radical (unpaired) electrons. The van der Waals surface area contributed by atoms with Crippen LogP contribution in [-0.4, -0.2) is 6.03 Å². The van der Waals surface area contributed by atoms with E-state index in [2.05, 4.69) is 26.6 Å². The standard InChI is InChI=1S/C14H12BrClN2O/c1-9-3-2-4-11(7-9)17-14(19)18-13-8-10(16)5-6-12(13)15/h2-8H,1H3,(H2,17,18,19). The molecule has 2 N–H and O–H groups in total. The van der Waals surface area contributed by atoms with Crippen molar-refractivity contribution in [3.8, 4) is 0 Å². The summed E-state index contributed by atoms with van der Waals surface area (Å²) < 4.78 is 0.774. The van der Waals surface area contributed by atoms with Crippen molar-refractivity contribution < 1.29 is 4.79 Å². The van der Waals surface area contributed by atoms with Crippen molar-refractivity contribution in [3.63, 3.8) is 0 Å². The summed E-state index contributed by atoms with van der Waals surface area (Å²) >= 11 is 9.24. The van der Waals surface area contributed by atoms with Crippen LogP contribution in [0.3, 0.4) is 0 Å². The SMILES string of the molecule is Cc1cccc(NC(=O)Nc2cc(Cl)ccc2Br)c1. The Morgan fingerprint density at radius 2 is 1.95 bits per heavy atom. The summed E-state index contributed by atoms with van der Waals surface area (Å²) in [4.78, 5) is 11.9. The maximum absolute atomic E-state index is 11.9. The van der Waals surface area contributed by atoms with E-state index in [9.17, 15) is 4.79 Å². The number of rotatable bonds is 2. The van der Waals surface area contributed by atoms with Gasteiger partial charge in [-0.2, -0.15) is 0 Å². The highest BCUT2D eigenvalue weighted by Crippen LogP contribution is 2.26. The molecule has 0 saturated heterocycles. The van der Waals surface area contributed by atoms with Gasteiger partial charge >= 0.3 is 6.03 Å². The third kappa shape index (κ3) is 3.98. The third-order valence-electron chi connectivity index (χ3n) is 2.45. The van der Waals surface area contributed by atoms with Crippen molar-refractivity contribution >= 4 is 44.9 Å². The van der Waals surface area contributed by atoms with Gasteiger partial charge in [0.25, 0.3) is 0 Å². The Morgan fingerprint density at radius 1 is 1.16 bits per heavy atom. The van der Waals surface area contributed by atoms with Crippen molar-refractivity contribution in [3.05, 3.63) is 57.5 Å². The number of aryl methyl sites for hydroxylation is 1. The number of urea groups is 1. The molecule has 3 nitrogen and oxygen atoms in total. The fourth-order valence-electron chi connectivity index (χ4n) is 1.60. The summed E-state index contributed by atoms with van der Waals surface area (Å²) in [6, 6.07) is 12.5. The second-order valence-corrected chi connectivity index (χ2v) is 5.36. The van der Waals surface area contributed by atoms with E-state index < -0.39 is 0 Å². The molecule has 19 heavy (non-hydrogen) atoms. The summed E-state index contributed by atoms with van der Waals surface area (Å²) in [6.07, 6.45) is 0. The number of benzene rings is 2. The van der Waals surface area contributed by atoms with E-state index in [1.165, 1.54) is 0 Å². The first-order chi connectivity index (χ1) is 9.04. The largest absolute Gasteiger partial charge is 0.323 e. The first kappa shape index (κ1) is 13.9. The average molecular weight is 340 g/mol. The molecule has 0 aliphatic carbocycles. The highest BCUT2D eigenvalue weighted by molar-refractivity contribution is 9.10. The number of halogens is 2. The third-order valence-corrected chi connectivity index (χ3v) is 3.38. The summed E-state index contributed by atoms with van der Waals surface area (Å²) in [5.41, 5.74) is 2.45. The zero-order chi connectivity index (χ0) is 13.8. The molecule has 0 aliphatic rings. The van der Waals surface area contributed by atoms with E-state index in [1.54, 1.807) is 18.2 Å². The molecule has 0 saturated carbocycles. The van der Waals surface area contributed by atoms with Crippen molar-refractivity contribution in [1.82, 2.24) is 0 Å². The van der Waals surface area contributed by atoms with Gasteiger partial charge in [-0.3, -0.25) is 0 Å². The highest BCUT2D eigenvalue weighted by Gasteiger charge is 2.06. The Balaban J connectivity index is 2.07. The van der Waals surface area contributed by atoms with Crippen LogP contribution in [-0.2, 0) is 0 Å². The zero-order valence-corrected chi connectivity index (χ0v) is 12.5. The summed E-state index contributed by atoms with van der Waals surface area (Å²) in [7, 11) is 0. The summed E-state index contributed by atoms with van der Waals surface area (Å²) in [6.45, 7) is 1.97. The topological polar surface area (TPSA) is 41.1 Å². The number of carbonyl (C=O) groups excluding carboxylic acids is 1. The number of hydrogen-bond acceptors (Lipinski definition) is 1. The normalized spacial score (nSPS) is 10.1. The molecule has 98 valence electrons. The Bertz CT molecular complexity index is 616. The van der Waals surface area contributed by atoms with Gasteiger partial charge in [0, 0.05) is 15.2 Å². The van der Waals surface area contributed by atoms with Crippen molar-refractivity contribution in [1.29, 1.82) is 0 Å². The minimum Gasteiger partial charge on any atom is -0.308 e. The van der Waals surface area contributed by atoms with Crippen LogP contribution in [0.4, 0.5) is 16.2 Å². The molecule has 2 aromatic carbocycles. The fraction of sp³-hybridized carbons (Fsp3) is 0.0714. The van der Waals surface area contributed by atoms with E-state index in [-0.39, 0.29) is 6.03 Å². The molecule has 5 heteroatoms. The van der Waals surface area contributed by atoms with Crippen LogP contribution < -0.4 is 10.6 Å². The van der Waals surface area contributed by atoms with Crippen molar-refractivity contribution in [2.75, 3.05) is 10.6 Å². The van der Waals surface area contributed by atoms with Gasteiger partial charge in [0.2, 0.25) is 0 Å². The Hall–Kier alpha value is -1.52. The molecule has 0 bridgehead atoms. The van der Waals surface area contributed by atoms with Gasteiger partial charge < -0.3 is 10.6 Å². The lowest BCUT2D eigenvalue weighted by molar-refractivity contribution is 0.262. The second kappa shape index (κ2) is 6.08. The second-order valence-electron chi connectivity index (χ2n) is 4.07. The smallest absolute Gasteiger partial charge is 0.308 e. The van der Waals surface area contributed by atoms with E-state index in [1.807, 2.05) is 31.2 Å². The van der Waals surface area contributed by atoms with Crippen LogP contribution in [0, 0.1) is 6.92 Å². The predicted octanol–water partition coefficient (Wildman–Crippen LogP) is 5.05. The lowest BCUT2D eigenvalue weighted by Crippen LogP contribution is -2.19. The average Bonchev–Trinajstić information content (AvgIpc) is 2.34. The van der Waals surface area contributed by atoms with Crippen LogP contribution >= 0.6 is 27.5 Å². The highest BCUT2D eigenvalue weighted by atomic mass is 79.9. The Morgan fingerprint density at radius 3 is 2.68 bits per heavy atom. The van der Waals surface area contributed by atoms with Gasteiger partial charge in [0.15, 0.2) is 0 Å². The van der Waals surface area contributed by atoms with Gasteiger partial charge in [-0.1, -0.05) is 23.7 Å². The molecule has 0 atom stereocenters. The minimum absolute atomic E-state index is 0.312. The molecule has 0 unspecified atom stereocenters. The minimum atomic E-state index is -0.312. The van der Waals surface area contributed by atoms with Gasteiger partial charge in [0.1, 0.15) is 0 Å². The zero-order valence-electron chi connectivity index (χ0n) is 10.2. The lowest BCUT2D eigenvalue weighted by Gasteiger charge is -2.10. The number of nitrogens with one attached hydrogen (secondary N) is 2. The monoisotopic (exact) mass is 338 g/mol. The lowest BCUT2D eigenvalue weighted by atomic mass is 10.2. The predicted molar refractivity (Wildman–Crippen MR) is 83.0 cm³/mol. The molecule has 0 fully saturated rings. The Kier molecular flexibility index (Phi) is 4.45. The van der Waals surface area contributed by atoms with Crippen molar-refractivity contribution in [2.24, 2.45) is 0 Å². The molecular weight excluding hydrogens is 328 g/mol. The summed E-state index contributed by atoms with van der Waals surface area (Å²) in [5, 5.41) is 6.07. The van der Waals surface area contributed by atoms with E-state index in [4.69, 9.17) is 11.6 Å². The number of anilines is 2. The molecular formula is C14H12BrClN2O. The van der Waals surface area contributed by atoms with Crippen LogP contribution in [0.1, 0.15) is 5.56 Å². The van der Waals surface area contributed by atoms with Gasteiger partial charge in [0.05, 0.1) is 5.69 Å². The van der Waals surface area contributed by atoms with Crippen LogP contribution in [0.15, 0.2) is 46.9 Å². The number of carbonyl (C=O) groups is 1. The maximum Gasteiger partial charge on any atom is 0.323 e. The van der Waals surface area contributed by atoms with E-state index in [0.717, 1.165) is 15.7 Å². The van der Waals surface area contributed by atoms with Crippen LogP contribution in [0.25, 0.3) is 0 Å². The molecule has 2 amide bonds. The quantitative estimate of drug-likeness (QED) is 0.789. The first-order valence-electron chi connectivity index (χ1n) is 5.64.